The average Bonchev–Trinajstić information content (AvgIpc) is 2.43. The highest BCUT2D eigenvalue weighted by Crippen LogP contribution is 2.20. The van der Waals surface area contributed by atoms with Gasteiger partial charge in [0.05, 0.1) is 0 Å². The molecule has 0 aliphatic heterocycles. The second-order valence-electron chi connectivity index (χ2n) is 4.94. The van der Waals surface area contributed by atoms with Gasteiger partial charge in [-0.05, 0) is 42.7 Å². The first-order valence-electron chi connectivity index (χ1n) is 6.65. The zero-order chi connectivity index (χ0) is 14.5. The highest BCUT2D eigenvalue weighted by Gasteiger charge is 2.12. The van der Waals surface area contributed by atoms with E-state index in [0.29, 0.717) is 6.54 Å². The van der Waals surface area contributed by atoms with Gasteiger partial charge < -0.3 is 10.0 Å². The van der Waals surface area contributed by atoms with Crippen LogP contribution in [0.3, 0.4) is 0 Å². The van der Waals surface area contributed by atoms with Crippen LogP contribution in [-0.2, 0) is 11.3 Å². The summed E-state index contributed by atoms with van der Waals surface area (Å²) in [5, 5.41) is 9.11. The fraction of sp³-hybridized carbons (Fsp3) is 0.235. The second-order valence-corrected chi connectivity index (χ2v) is 4.94. The van der Waals surface area contributed by atoms with E-state index in [1.165, 1.54) is 11.1 Å². The third-order valence-electron chi connectivity index (χ3n) is 3.53. The Balaban J connectivity index is 2.29. The molecule has 0 amide bonds. The lowest BCUT2D eigenvalue weighted by Crippen LogP contribution is -2.29. The Morgan fingerprint density at radius 1 is 1.05 bits per heavy atom. The molecule has 0 bridgehead atoms. The maximum atomic E-state index is 11.1. The van der Waals surface area contributed by atoms with E-state index in [1.54, 1.807) is 0 Å². The Hall–Kier alpha value is -2.29. The number of aliphatic carboxylic acids is 1. The summed E-state index contributed by atoms with van der Waals surface area (Å²) in [6.45, 7) is 4.75. The maximum Gasteiger partial charge on any atom is 0.323 e. The summed E-state index contributed by atoms with van der Waals surface area (Å²) in [4.78, 5) is 13.0. The van der Waals surface area contributed by atoms with Crippen molar-refractivity contribution < 1.29 is 9.90 Å². The number of rotatable bonds is 5. The van der Waals surface area contributed by atoms with Gasteiger partial charge in [0.2, 0.25) is 0 Å². The van der Waals surface area contributed by atoms with E-state index in [9.17, 15) is 4.79 Å². The van der Waals surface area contributed by atoms with Crippen LogP contribution in [0.4, 0.5) is 5.69 Å². The maximum absolute atomic E-state index is 11.1. The largest absolute Gasteiger partial charge is 0.480 e. The van der Waals surface area contributed by atoms with Crippen molar-refractivity contribution in [3.8, 4) is 0 Å². The molecule has 20 heavy (non-hydrogen) atoms. The zero-order valence-corrected chi connectivity index (χ0v) is 11.8. The van der Waals surface area contributed by atoms with Gasteiger partial charge in [0.25, 0.3) is 0 Å². The summed E-state index contributed by atoms with van der Waals surface area (Å²) < 4.78 is 0. The molecule has 0 radical (unpaired) electrons. The number of carboxylic acids is 1. The van der Waals surface area contributed by atoms with E-state index in [4.69, 9.17) is 5.11 Å². The molecular formula is C17H19NO2. The number of carbonyl (C=O) groups is 1. The fourth-order valence-electron chi connectivity index (χ4n) is 2.23. The Labute approximate surface area is 119 Å². The molecule has 0 spiro atoms. The Morgan fingerprint density at radius 3 is 2.40 bits per heavy atom. The molecule has 1 N–H and O–H groups in total. The summed E-state index contributed by atoms with van der Waals surface area (Å²) in [5.41, 5.74) is 4.54. The first-order valence-corrected chi connectivity index (χ1v) is 6.65. The molecule has 104 valence electrons. The third kappa shape index (κ3) is 3.38. The Kier molecular flexibility index (Phi) is 4.41. The number of hydrogen-bond acceptors (Lipinski definition) is 2. The van der Waals surface area contributed by atoms with Crippen LogP contribution in [0.2, 0.25) is 0 Å². The van der Waals surface area contributed by atoms with Crippen LogP contribution in [-0.4, -0.2) is 17.6 Å². The smallest absolute Gasteiger partial charge is 0.323 e. The average molecular weight is 269 g/mol. The van der Waals surface area contributed by atoms with Crippen molar-refractivity contribution in [2.45, 2.75) is 20.4 Å². The molecular weight excluding hydrogens is 250 g/mol. The highest BCUT2D eigenvalue weighted by molar-refractivity contribution is 5.73. The quantitative estimate of drug-likeness (QED) is 0.904. The summed E-state index contributed by atoms with van der Waals surface area (Å²) in [6, 6.07) is 15.8. The lowest BCUT2D eigenvalue weighted by atomic mass is 10.0. The lowest BCUT2D eigenvalue weighted by molar-refractivity contribution is -0.135. The summed E-state index contributed by atoms with van der Waals surface area (Å²) in [7, 11) is 0. The summed E-state index contributed by atoms with van der Waals surface area (Å²) >= 11 is 0. The molecule has 0 atom stereocenters. The lowest BCUT2D eigenvalue weighted by Gasteiger charge is -2.24. The topological polar surface area (TPSA) is 40.5 Å². The predicted molar refractivity (Wildman–Crippen MR) is 81.0 cm³/mol. The number of benzene rings is 2. The molecule has 2 aromatic rings. The molecule has 0 fully saturated rings. The number of carboxylic acid groups (broad SMARTS) is 1. The SMILES string of the molecule is Cc1cccc(CN(CC(=O)O)c2ccccc2)c1C. The molecule has 2 rings (SSSR count). The Morgan fingerprint density at radius 2 is 1.75 bits per heavy atom. The first kappa shape index (κ1) is 14.1. The summed E-state index contributed by atoms with van der Waals surface area (Å²) in [6.07, 6.45) is 0. The number of nitrogens with zero attached hydrogens (tertiary/aromatic N) is 1. The van der Waals surface area contributed by atoms with E-state index >= 15 is 0 Å². The zero-order valence-electron chi connectivity index (χ0n) is 11.8. The van der Waals surface area contributed by atoms with E-state index in [1.807, 2.05) is 41.3 Å². The number of anilines is 1. The minimum atomic E-state index is -0.820. The van der Waals surface area contributed by atoms with Crippen molar-refractivity contribution in [2.24, 2.45) is 0 Å². The van der Waals surface area contributed by atoms with Crippen LogP contribution in [0.1, 0.15) is 16.7 Å². The number of hydrogen-bond donors (Lipinski definition) is 1. The molecule has 0 unspecified atom stereocenters. The number of aryl methyl sites for hydroxylation is 1. The van der Waals surface area contributed by atoms with Crippen LogP contribution in [0, 0.1) is 13.8 Å². The molecule has 0 saturated heterocycles. The highest BCUT2D eigenvalue weighted by atomic mass is 16.4. The standard InChI is InChI=1S/C17H19NO2/c1-13-7-6-8-15(14(13)2)11-18(12-17(19)20)16-9-4-3-5-10-16/h3-10H,11-12H2,1-2H3,(H,19,20). The van der Waals surface area contributed by atoms with Crippen molar-refractivity contribution in [1.82, 2.24) is 0 Å². The molecule has 0 aliphatic carbocycles. The molecule has 2 aromatic carbocycles. The van der Waals surface area contributed by atoms with Gasteiger partial charge in [-0.1, -0.05) is 36.4 Å². The molecule has 0 aromatic heterocycles. The minimum absolute atomic E-state index is 0.00258. The third-order valence-corrected chi connectivity index (χ3v) is 3.53. The van der Waals surface area contributed by atoms with Gasteiger partial charge in [-0.3, -0.25) is 4.79 Å². The van der Waals surface area contributed by atoms with Gasteiger partial charge in [-0.15, -0.1) is 0 Å². The van der Waals surface area contributed by atoms with E-state index in [2.05, 4.69) is 26.0 Å². The van der Waals surface area contributed by atoms with Crippen LogP contribution in [0.15, 0.2) is 48.5 Å². The van der Waals surface area contributed by atoms with Gasteiger partial charge in [0, 0.05) is 12.2 Å². The first-order chi connectivity index (χ1) is 9.58. The van der Waals surface area contributed by atoms with Crippen molar-refractivity contribution >= 4 is 11.7 Å². The van der Waals surface area contributed by atoms with E-state index in [0.717, 1.165) is 11.3 Å². The van der Waals surface area contributed by atoms with Crippen molar-refractivity contribution in [3.05, 3.63) is 65.2 Å². The van der Waals surface area contributed by atoms with Gasteiger partial charge in [-0.25, -0.2) is 0 Å². The minimum Gasteiger partial charge on any atom is -0.480 e. The predicted octanol–water partition coefficient (Wildman–Crippen LogP) is 3.39. The normalized spacial score (nSPS) is 10.3. The van der Waals surface area contributed by atoms with Crippen molar-refractivity contribution in [2.75, 3.05) is 11.4 Å². The van der Waals surface area contributed by atoms with Crippen LogP contribution < -0.4 is 4.90 Å². The molecule has 3 nitrogen and oxygen atoms in total. The monoisotopic (exact) mass is 269 g/mol. The fourth-order valence-corrected chi connectivity index (χ4v) is 2.23. The second kappa shape index (κ2) is 6.24. The van der Waals surface area contributed by atoms with Crippen LogP contribution >= 0.6 is 0 Å². The summed E-state index contributed by atoms with van der Waals surface area (Å²) in [5.74, 6) is -0.820. The van der Waals surface area contributed by atoms with Crippen LogP contribution in [0.25, 0.3) is 0 Å². The molecule has 0 saturated carbocycles. The van der Waals surface area contributed by atoms with Crippen molar-refractivity contribution in [1.29, 1.82) is 0 Å². The Bertz CT molecular complexity index is 593. The van der Waals surface area contributed by atoms with Gasteiger partial charge in [0.1, 0.15) is 6.54 Å². The number of para-hydroxylation sites is 1. The molecule has 0 heterocycles. The van der Waals surface area contributed by atoms with Crippen LogP contribution in [0.5, 0.6) is 0 Å². The van der Waals surface area contributed by atoms with Gasteiger partial charge in [0.15, 0.2) is 0 Å². The van der Waals surface area contributed by atoms with Gasteiger partial charge in [-0.2, -0.15) is 0 Å². The van der Waals surface area contributed by atoms with E-state index in [-0.39, 0.29) is 6.54 Å². The van der Waals surface area contributed by atoms with Gasteiger partial charge >= 0.3 is 5.97 Å². The van der Waals surface area contributed by atoms with E-state index < -0.39 is 5.97 Å². The molecule has 3 heteroatoms. The van der Waals surface area contributed by atoms with Crippen molar-refractivity contribution in [3.63, 3.8) is 0 Å². The molecule has 0 aliphatic rings.